The second kappa shape index (κ2) is 9.59. The number of rotatable bonds is 9. The smallest absolute Gasteiger partial charge is 0.264 e. The Kier molecular flexibility index (Phi) is 7.45. The number of sulfonamides is 1. The van der Waals surface area contributed by atoms with Crippen molar-refractivity contribution in [2.75, 3.05) is 17.5 Å². The SMILES string of the molecule is CCOc1ccc(S(=O)(=O)N(CC(=O)NC(C)CC)c2ccc(C)cc2)cc1. The third-order valence-corrected chi connectivity index (χ3v) is 6.14. The second-order valence-corrected chi connectivity index (χ2v) is 8.49. The molecule has 0 fully saturated rings. The van der Waals surface area contributed by atoms with Gasteiger partial charge >= 0.3 is 0 Å². The number of nitrogens with zero attached hydrogens (tertiary/aromatic N) is 1. The topological polar surface area (TPSA) is 75.7 Å². The first kappa shape index (κ1) is 21.8. The summed E-state index contributed by atoms with van der Waals surface area (Å²) in [7, 11) is -3.92. The Hall–Kier alpha value is -2.54. The van der Waals surface area contributed by atoms with Crippen LogP contribution in [-0.2, 0) is 14.8 Å². The van der Waals surface area contributed by atoms with Crippen molar-refractivity contribution in [3.05, 3.63) is 54.1 Å². The summed E-state index contributed by atoms with van der Waals surface area (Å²) in [5, 5.41) is 2.83. The lowest BCUT2D eigenvalue weighted by atomic mass is 10.2. The lowest BCUT2D eigenvalue weighted by molar-refractivity contribution is -0.120. The Morgan fingerprint density at radius 3 is 2.21 bits per heavy atom. The minimum Gasteiger partial charge on any atom is -0.494 e. The molecule has 0 radical (unpaired) electrons. The van der Waals surface area contributed by atoms with Crippen molar-refractivity contribution in [3.63, 3.8) is 0 Å². The predicted octanol–water partition coefficient (Wildman–Crippen LogP) is 3.50. The molecule has 6 nitrogen and oxygen atoms in total. The number of benzene rings is 2. The Balaban J connectivity index is 2.38. The standard InChI is InChI=1S/C21H28N2O4S/c1-5-17(4)22-21(24)15-23(18-9-7-16(3)8-10-18)28(25,26)20-13-11-19(12-14-20)27-6-2/h7-14,17H,5-6,15H2,1-4H3,(H,22,24). The highest BCUT2D eigenvalue weighted by molar-refractivity contribution is 7.92. The zero-order valence-corrected chi connectivity index (χ0v) is 17.6. The van der Waals surface area contributed by atoms with Gasteiger partial charge < -0.3 is 10.1 Å². The monoisotopic (exact) mass is 404 g/mol. The molecule has 28 heavy (non-hydrogen) atoms. The first-order valence-electron chi connectivity index (χ1n) is 9.39. The maximum Gasteiger partial charge on any atom is 0.264 e. The molecule has 0 saturated carbocycles. The van der Waals surface area contributed by atoms with Gasteiger partial charge in [-0.2, -0.15) is 0 Å². The number of carbonyl (C=O) groups is 1. The average Bonchev–Trinajstić information content (AvgIpc) is 2.67. The first-order valence-corrected chi connectivity index (χ1v) is 10.8. The van der Waals surface area contributed by atoms with Gasteiger partial charge in [0, 0.05) is 6.04 Å². The summed E-state index contributed by atoms with van der Waals surface area (Å²) in [4.78, 5) is 12.5. The molecule has 1 N–H and O–H groups in total. The van der Waals surface area contributed by atoms with Crippen LogP contribution in [0.3, 0.4) is 0 Å². The predicted molar refractivity (Wildman–Crippen MR) is 111 cm³/mol. The Morgan fingerprint density at radius 2 is 1.68 bits per heavy atom. The van der Waals surface area contributed by atoms with Gasteiger partial charge in [-0.15, -0.1) is 0 Å². The summed E-state index contributed by atoms with van der Waals surface area (Å²) < 4.78 is 33.1. The summed E-state index contributed by atoms with van der Waals surface area (Å²) in [6, 6.07) is 13.2. The van der Waals surface area contributed by atoms with Crippen molar-refractivity contribution in [2.45, 2.75) is 45.1 Å². The van der Waals surface area contributed by atoms with Gasteiger partial charge in [-0.25, -0.2) is 8.42 Å². The highest BCUT2D eigenvalue weighted by Gasteiger charge is 2.27. The van der Waals surface area contributed by atoms with E-state index in [0.717, 1.165) is 16.3 Å². The Morgan fingerprint density at radius 1 is 1.07 bits per heavy atom. The van der Waals surface area contributed by atoms with Crippen LogP contribution in [-0.4, -0.2) is 33.5 Å². The highest BCUT2D eigenvalue weighted by atomic mass is 32.2. The van der Waals surface area contributed by atoms with Crippen LogP contribution in [0.5, 0.6) is 5.75 Å². The van der Waals surface area contributed by atoms with Gasteiger partial charge in [0.05, 0.1) is 17.2 Å². The van der Waals surface area contributed by atoms with E-state index in [0.29, 0.717) is 18.0 Å². The molecule has 1 atom stereocenters. The van der Waals surface area contributed by atoms with E-state index in [1.165, 1.54) is 12.1 Å². The molecular formula is C21H28N2O4S. The molecule has 0 aromatic heterocycles. The molecule has 0 aliphatic rings. The summed E-state index contributed by atoms with van der Waals surface area (Å²) in [5.41, 5.74) is 1.45. The Bertz CT molecular complexity index is 878. The van der Waals surface area contributed by atoms with Crippen LogP contribution in [0.4, 0.5) is 5.69 Å². The van der Waals surface area contributed by atoms with Crippen LogP contribution in [0, 0.1) is 6.92 Å². The minimum atomic E-state index is -3.92. The van der Waals surface area contributed by atoms with Crippen LogP contribution in [0.1, 0.15) is 32.8 Å². The van der Waals surface area contributed by atoms with E-state index in [2.05, 4.69) is 5.32 Å². The van der Waals surface area contributed by atoms with Crippen molar-refractivity contribution in [1.29, 1.82) is 0 Å². The number of anilines is 1. The lowest BCUT2D eigenvalue weighted by Crippen LogP contribution is -2.43. The largest absolute Gasteiger partial charge is 0.494 e. The van der Waals surface area contributed by atoms with E-state index >= 15 is 0 Å². The maximum atomic E-state index is 13.3. The molecule has 0 aliphatic carbocycles. The number of ether oxygens (including phenoxy) is 1. The average molecular weight is 405 g/mol. The number of hydrogen-bond acceptors (Lipinski definition) is 4. The fourth-order valence-corrected chi connectivity index (χ4v) is 4.00. The van der Waals surface area contributed by atoms with E-state index in [1.54, 1.807) is 24.3 Å². The first-order chi connectivity index (χ1) is 13.3. The molecule has 1 amide bonds. The molecule has 152 valence electrons. The van der Waals surface area contributed by atoms with Gasteiger partial charge in [-0.05, 0) is 63.6 Å². The van der Waals surface area contributed by atoms with Crippen LogP contribution >= 0.6 is 0 Å². The van der Waals surface area contributed by atoms with Gasteiger partial charge in [-0.3, -0.25) is 9.10 Å². The van der Waals surface area contributed by atoms with Gasteiger partial charge in [0.15, 0.2) is 0 Å². The molecule has 0 heterocycles. The van der Waals surface area contributed by atoms with Crippen molar-refractivity contribution in [2.24, 2.45) is 0 Å². The molecule has 2 aromatic carbocycles. The number of hydrogen-bond donors (Lipinski definition) is 1. The fraction of sp³-hybridized carbons (Fsp3) is 0.381. The van der Waals surface area contributed by atoms with Crippen molar-refractivity contribution < 1.29 is 17.9 Å². The quantitative estimate of drug-likeness (QED) is 0.694. The van der Waals surface area contributed by atoms with E-state index in [1.807, 2.05) is 39.8 Å². The van der Waals surface area contributed by atoms with Crippen molar-refractivity contribution in [3.8, 4) is 5.75 Å². The third kappa shape index (κ3) is 5.48. The fourth-order valence-electron chi connectivity index (χ4n) is 2.58. The Labute approximate surface area is 167 Å². The van der Waals surface area contributed by atoms with E-state index in [4.69, 9.17) is 4.74 Å². The van der Waals surface area contributed by atoms with E-state index < -0.39 is 10.0 Å². The molecule has 2 aromatic rings. The molecule has 0 aliphatic heterocycles. The molecular weight excluding hydrogens is 376 g/mol. The van der Waals surface area contributed by atoms with Gasteiger partial charge in [0.2, 0.25) is 5.91 Å². The zero-order chi connectivity index (χ0) is 20.7. The molecule has 0 spiro atoms. The summed E-state index contributed by atoms with van der Waals surface area (Å²) in [5.74, 6) is 0.252. The lowest BCUT2D eigenvalue weighted by Gasteiger charge is -2.25. The number of amides is 1. The number of nitrogens with one attached hydrogen (secondary N) is 1. The van der Waals surface area contributed by atoms with E-state index in [-0.39, 0.29) is 23.4 Å². The van der Waals surface area contributed by atoms with Gasteiger partial charge in [0.1, 0.15) is 12.3 Å². The van der Waals surface area contributed by atoms with Crippen LogP contribution < -0.4 is 14.4 Å². The zero-order valence-electron chi connectivity index (χ0n) is 16.8. The van der Waals surface area contributed by atoms with Crippen molar-refractivity contribution >= 4 is 21.6 Å². The molecule has 0 saturated heterocycles. The van der Waals surface area contributed by atoms with Crippen LogP contribution in [0.25, 0.3) is 0 Å². The molecule has 1 unspecified atom stereocenters. The number of carbonyl (C=O) groups excluding carboxylic acids is 1. The van der Waals surface area contributed by atoms with Gasteiger partial charge in [0.25, 0.3) is 10.0 Å². The normalized spacial score (nSPS) is 12.3. The molecule has 0 bridgehead atoms. The minimum absolute atomic E-state index is 0.0273. The highest BCUT2D eigenvalue weighted by Crippen LogP contribution is 2.25. The van der Waals surface area contributed by atoms with Gasteiger partial charge in [-0.1, -0.05) is 24.6 Å². The summed E-state index contributed by atoms with van der Waals surface area (Å²) in [6.07, 6.45) is 0.766. The summed E-state index contributed by atoms with van der Waals surface area (Å²) >= 11 is 0. The third-order valence-electron chi connectivity index (χ3n) is 4.35. The second-order valence-electron chi connectivity index (χ2n) is 6.63. The van der Waals surface area contributed by atoms with Crippen LogP contribution in [0.2, 0.25) is 0 Å². The molecule has 2 rings (SSSR count). The maximum absolute atomic E-state index is 13.3. The molecule has 7 heteroatoms. The van der Waals surface area contributed by atoms with Crippen molar-refractivity contribution in [1.82, 2.24) is 5.32 Å². The van der Waals surface area contributed by atoms with Crippen LogP contribution in [0.15, 0.2) is 53.4 Å². The number of aryl methyl sites for hydroxylation is 1. The van der Waals surface area contributed by atoms with E-state index in [9.17, 15) is 13.2 Å². The summed E-state index contributed by atoms with van der Waals surface area (Å²) in [6.45, 7) is 7.83.